The van der Waals surface area contributed by atoms with Gasteiger partial charge in [0.15, 0.2) is 0 Å². The number of carboxylic acid groups (broad SMARTS) is 1. The van der Waals surface area contributed by atoms with Crippen molar-refractivity contribution >= 4 is 29.3 Å². The number of carbonyl (C=O) groups is 2. The molecule has 1 aromatic rings. The van der Waals surface area contributed by atoms with Gasteiger partial charge in [0, 0.05) is 17.5 Å². The molecule has 0 heterocycles. The first kappa shape index (κ1) is 15.6. The van der Waals surface area contributed by atoms with Crippen LogP contribution in [-0.2, 0) is 9.59 Å². The SMILES string of the molecule is CCCCC(Sc1ccc(NC(C)=O)cc1)C(=O)O. The van der Waals surface area contributed by atoms with Crippen LogP contribution in [0.4, 0.5) is 5.69 Å². The van der Waals surface area contributed by atoms with E-state index in [1.54, 1.807) is 12.1 Å². The third-order valence-corrected chi connectivity index (χ3v) is 3.81. The second kappa shape index (κ2) is 7.84. The molecule has 0 spiro atoms. The third-order valence-electron chi connectivity index (χ3n) is 2.55. The molecule has 0 saturated carbocycles. The third kappa shape index (κ3) is 5.79. The van der Waals surface area contributed by atoms with Crippen molar-refractivity contribution in [1.29, 1.82) is 0 Å². The lowest BCUT2D eigenvalue weighted by Gasteiger charge is -2.11. The molecule has 0 aromatic heterocycles. The maximum absolute atomic E-state index is 11.1. The number of aliphatic carboxylic acids is 1. The fourth-order valence-corrected chi connectivity index (χ4v) is 2.61. The van der Waals surface area contributed by atoms with E-state index in [1.165, 1.54) is 18.7 Å². The average Bonchev–Trinajstić information content (AvgIpc) is 2.35. The van der Waals surface area contributed by atoms with Crippen molar-refractivity contribution in [2.75, 3.05) is 5.32 Å². The van der Waals surface area contributed by atoms with Gasteiger partial charge in [-0.3, -0.25) is 9.59 Å². The molecular weight excluding hydrogens is 262 g/mol. The summed E-state index contributed by atoms with van der Waals surface area (Å²) in [5.41, 5.74) is 0.720. The van der Waals surface area contributed by atoms with Gasteiger partial charge in [0.2, 0.25) is 5.91 Å². The molecule has 5 heteroatoms. The van der Waals surface area contributed by atoms with E-state index >= 15 is 0 Å². The highest BCUT2D eigenvalue weighted by Gasteiger charge is 2.17. The number of hydrogen-bond donors (Lipinski definition) is 2. The van der Waals surface area contributed by atoms with E-state index in [4.69, 9.17) is 5.11 Å². The molecule has 0 radical (unpaired) electrons. The minimum Gasteiger partial charge on any atom is -0.480 e. The summed E-state index contributed by atoms with van der Waals surface area (Å²) < 4.78 is 0. The summed E-state index contributed by atoms with van der Waals surface area (Å²) in [6.45, 7) is 3.50. The molecule has 1 atom stereocenters. The zero-order chi connectivity index (χ0) is 14.3. The standard InChI is InChI=1S/C14H19NO3S/c1-3-4-5-13(14(17)18)19-12-8-6-11(7-9-12)15-10(2)16/h6-9,13H,3-5H2,1-2H3,(H,15,16)(H,17,18). The molecular formula is C14H19NO3S. The van der Waals surface area contributed by atoms with Crippen molar-refractivity contribution in [3.05, 3.63) is 24.3 Å². The van der Waals surface area contributed by atoms with Gasteiger partial charge in [-0.15, -0.1) is 11.8 Å². The van der Waals surface area contributed by atoms with E-state index in [9.17, 15) is 9.59 Å². The average molecular weight is 281 g/mol. The molecule has 0 aliphatic heterocycles. The molecule has 0 aliphatic carbocycles. The maximum atomic E-state index is 11.1. The summed E-state index contributed by atoms with van der Waals surface area (Å²) in [5.74, 6) is -0.892. The number of anilines is 1. The Kier molecular flexibility index (Phi) is 6.42. The molecule has 0 fully saturated rings. The van der Waals surface area contributed by atoms with E-state index in [0.29, 0.717) is 6.42 Å². The highest BCUT2D eigenvalue weighted by atomic mass is 32.2. The van der Waals surface area contributed by atoms with Crippen LogP contribution in [0.15, 0.2) is 29.2 Å². The van der Waals surface area contributed by atoms with Crippen molar-refractivity contribution in [3.63, 3.8) is 0 Å². The van der Waals surface area contributed by atoms with Crippen molar-refractivity contribution in [3.8, 4) is 0 Å². The monoisotopic (exact) mass is 281 g/mol. The van der Waals surface area contributed by atoms with Crippen molar-refractivity contribution in [1.82, 2.24) is 0 Å². The fraction of sp³-hybridized carbons (Fsp3) is 0.429. The van der Waals surface area contributed by atoms with Crippen LogP contribution < -0.4 is 5.32 Å². The number of carbonyl (C=O) groups excluding carboxylic acids is 1. The quantitative estimate of drug-likeness (QED) is 0.752. The van der Waals surface area contributed by atoms with Gasteiger partial charge in [-0.25, -0.2) is 0 Å². The van der Waals surface area contributed by atoms with Gasteiger partial charge in [0.1, 0.15) is 5.25 Å². The van der Waals surface area contributed by atoms with Crippen molar-refractivity contribution in [2.45, 2.75) is 43.3 Å². The van der Waals surface area contributed by atoms with E-state index in [0.717, 1.165) is 23.4 Å². The first-order valence-electron chi connectivity index (χ1n) is 6.30. The summed E-state index contributed by atoms with van der Waals surface area (Å²) in [6, 6.07) is 7.22. The number of unbranched alkanes of at least 4 members (excludes halogenated alkanes) is 1. The molecule has 19 heavy (non-hydrogen) atoms. The van der Waals surface area contributed by atoms with Crippen LogP contribution in [0.3, 0.4) is 0 Å². The zero-order valence-corrected chi connectivity index (χ0v) is 12.0. The predicted molar refractivity (Wildman–Crippen MR) is 77.6 cm³/mol. The Labute approximate surface area is 117 Å². The van der Waals surface area contributed by atoms with Gasteiger partial charge in [0.05, 0.1) is 0 Å². The normalized spacial score (nSPS) is 11.9. The Balaban J connectivity index is 2.64. The second-order valence-electron chi connectivity index (χ2n) is 4.29. The van der Waals surface area contributed by atoms with Crippen molar-refractivity contribution < 1.29 is 14.7 Å². The van der Waals surface area contributed by atoms with E-state index in [-0.39, 0.29) is 5.91 Å². The Morgan fingerprint density at radius 3 is 2.42 bits per heavy atom. The Morgan fingerprint density at radius 2 is 1.95 bits per heavy atom. The molecule has 0 bridgehead atoms. The smallest absolute Gasteiger partial charge is 0.316 e. The zero-order valence-electron chi connectivity index (χ0n) is 11.2. The second-order valence-corrected chi connectivity index (χ2v) is 5.57. The van der Waals surface area contributed by atoms with E-state index < -0.39 is 11.2 Å². The van der Waals surface area contributed by atoms with Crippen LogP contribution in [0.2, 0.25) is 0 Å². The van der Waals surface area contributed by atoms with Crippen LogP contribution in [0.1, 0.15) is 33.1 Å². The first-order chi connectivity index (χ1) is 9.02. The van der Waals surface area contributed by atoms with E-state index in [1.807, 2.05) is 19.1 Å². The highest BCUT2D eigenvalue weighted by Crippen LogP contribution is 2.28. The van der Waals surface area contributed by atoms with Crippen LogP contribution in [0.25, 0.3) is 0 Å². The predicted octanol–water partition coefficient (Wildman–Crippen LogP) is 3.38. The Bertz CT molecular complexity index is 431. The molecule has 2 N–H and O–H groups in total. The van der Waals surface area contributed by atoms with Gasteiger partial charge in [-0.05, 0) is 30.7 Å². The van der Waals surface area contributed by atoms with Gasteiger partial charge >= 0.3 is 5.97 Å². The van der Waals surface area contributed by atoms with Crippen LogP contribution >= 0.6 is 11.8 Å². The van der Waals surface area contributed by atoms with E-state index in [2.05, 4.69) is 5.32 Å². The van der Waals surface area contributed by atoms with Crippen LogP contribution in [-0.4, -0.2) is 22.2 Å². The molecule has 1 amide bonds. The van der Waals surface area contributed by atoms with Gasteiger partial charge < -0.3 is 10.4 Å². The number of rotatable bonds is 7. The number of carboxylic acids is 1. The topological polar surface area (TPSA) is 66.4 Å². The highest BCUT2D eigenvalue weighted by molar-refractivity contribution is 8.00. The first-order valence-corrected chi connectivity index (χ1v) is 7.18. The summed E-state index contributed by atoms with van der Waals surface area (Å²) in [6.07, 6.45) is 2.57. The molecule has 0 saturated heterocycles. The van der Waals surface area contributed by atoms with Crippen LogP contribution in [0.5, 0.6) is 0 Å². The minimum absolute atomic E-state index is 0.119. The van der Waals surface area contributed by atoms with Crippen molar-refractivity contribution in [2.24, 2.45) is 0 Å². The summed E-state index contributed by atoms with van der Waals surface area (Å²) in [7, 11) is 0. The summed E-state index contributed by atoms with van der Waals surface area (Å²) >= 11 is 1.35. The maximum Gasteiger partial charge on any atom is 0.316 e. The van der Waals surface area contributed by atoms with Crippen LogP contribution in [0, 0.1) is 0 Å². The lowest BCUT2D eigenvalue weighted by atomic mass is 10.2. The lowest BCUT2D eigenvalue weighted by molar-refractivity contribution is -0.136. The number of benzene rings is 1. The fourth-order valence-electron chi connectivity index (χ4n) is 1.61. The lowest BCUT2D eigenvalue weighted by Crippen LogP contribution is -2.15. The Hall–Kier alpha value is -1.49. The molecule has 0 aliphatic rings. The summed E-state index contributed by atoms with van der Waals surface area (Å²) in [5, 5.41) is 11.4. The molecule has 1 aromatic carbocycles. The molecule has 4 nitrogen and oxygen atoms in total. The molecule has 104 valence electrons. The van der Waals surface area contributed by atoms with Gasteiger partial charge in [-0.2, -0.15) is 0 Å². The number of thioether (sulfide) groups is 1. The molecule has 1 unspecified atom stereocenters. The Morgan fingerprint density at radius 1 is 1.32 bits per heavy atom. The van der Waals surface area contributed by atoms with Gasteiger partial charge in [-0.1, -0.05) is 19.8 Å². The minimum atomic E-state index is -0.774. The number of hydrogen-bond acceptors (Lipinski definition) is 3. The number of amides is 1. The van der Waals surface area contributed by atoms with Gasteiger partial charge in [0.25, 0.3) is 0 Å². The number of nitrogens with one attached hydrogen (secondary N) is 1. The largest absolute Gasteiger partial charge is 0.480 e. The molecule has 1 rings (SSSR count). The summed E-state index contributed by atoms with van der Waals surface area (Å²) in [4.78, 5) is 22.9.